The third-order valence-corrected chi connectivity index (χ3v) is 4.47. The van der Waals surface area contributed by atoms with E-state index in [9.17, 15) is 8.42 Å². The lowest BCUT2D eigenvalue weighted by atomic mass is 10.0. The zero-order chi connectivity index (χ0) is 15.1. The molecule has 0 amide bonds. The monoisotopic (exact) mass is 301 g/mol. The Kier molecular flexibility index (Phi) is 6.61. The van der Waals surface area contributed by atoms with Crippen molar-refractivity contribution in [3.05, 3.63) is 30.3 Å². The Morgan fingerprint density at radius 2 is 1.85 bits per heavy atom. The van der Waals surface area contributed by atoms with E-state index in [1.165, 1.54) is 0 Å². The SMILES string of the molecule is COCOCCCC(C)(C)NS(=O)(=O)c1ccccc1. The van der Waals surface area contributed by atoms with Gasteiger partial charge in [-0.3, -0.25) is 0 Å². The van der Waals surface area contributed by atoms with Gasteiger partial charge in [0, 0.05) is 19.3 Å². The Balaban J connectivity index is 2.53. The van der Waals surface area contributed by atoms with E-state index in [1.807, 2.05) is 13.8 Å². The smallest absolute Gasteiger partial charge is 0.241 e. The quantitative estimate of drug-likeness (QED) is 0.560. The summed E-state index contributed by atoms with van der Waals surface area (Å²) in [6, 6.07) is 8.37. The average molecular weight is 301 g/mol. The molecule has 114 valence electrons. The van der Waals surface area contributed by atoms with Gasteiger partial charge in [-0.25, -0.2) is 13.1 Å². The van der Waals surface area contributed by atoms with E-state index in [4.69, 9.17) is 9.47 Å². The molecule has 20 heavy (non-hydrogen) atoms. The van der Waals surface area contributed by atoms with Gasteiger partial charge in [-0.05, 0) is 38.8 Å². The van der Waals surface area contributed by atoms with Gasteiger partial charge in [0.25, 0.3) is 0 Å². The van der Waals surface area contributed by atoms with Crippen LogP contribution in [0.3, 0.4) is 0 Å². The number of hydrogen-bond acceptors (Lipinski definition) is 4. The lowest BCUT2D eigenvalue weighted by Gasteiger charge is -2.26. The normalized spacial score (nSPS) is 12.6. The number of rotatable bonds is 9. The number of hydrogen-bond donors (Lipinski definition) is 1. The molecule has 0 saturated heterocycles. The lowest BCUT2D eigenvalue weighted by molar-refractivity contribution is -0.0324. The minimum atomic E-state index is -3.48. The number of methoxy groups -OCH3 is 1. The van der Waals surface area contributed by atoms with E-state index >= 15 is 0 Å². The van der Waals surface area contributed by atoms with Gasteiger partial charge < -0.3 is 9.47 Å². The van der Waals surface area contributed by atoms with Gasteiger partial charge in [0.2, 0.25) is 10.0 Å². The van der Waals surface area contributed by atoms with Crippen LogP contribution in [0.1, 0.15) is 26.7 Å². The number of nitrogens with one attached hydrogen (secondary N) is 1. The highest BCUT2D eigenvalue weighted by Crippen LogP contribution is 2.17. The first-order chi connectivity index (χ1) is 9.37. The highest BCUT2D eigenvalue weighted by atomic mass is 32.2. The van der Waals surface area contributed by atoms with Crippen LogP contribution in [0.25, 0.3) is 0 Å². The molecule has 0 aliphatic carbocycles. The summed E-state index contributed by atoms with van der Waals surface area (Å²) in [6.45, 7) is 4.54. The summed E-state index contributed by atoms with van der Waals surface area (Å²) in [7, 11) is -1.91. The van der Waals surface area contributed by atoms with Crippen LogP contribution < -0.4 is 4.72 Å². The molecule has 0 heterocycles. The first-order valence-electron chi connectivity index (χ1n) is 6.53. The molecule has 0 spiro atoms. The molecule has 5 nitrogen and oxygen atoms in total. The van der Waals surface area contributed by atoms with E-state index in [-0.39, 0.29) is 11.7 Å². The molecule has 0 radical (unpaired) electrons. The van der Waals surface area contributed by atoms with Gasteiger partial charge >= 0.3 is 0 Å². The number of ether oxygens (including phenoxy) is 2. The molecule has 0 aliphatic heterocycles. The summed E-state index contributed by atoms with van der Waals surface area (Å²) in [6.07, 6.45) is 1.44. The van der Waals surface area contributed by atoms with E-state index in [2.05, 4.69) is 4.72 Å². The predicted octanol–water partition coefficient (Wildman–Crippen LogP) is 2.14. The second kappa shape index (κ2) is 7.73. The molecule has 0 aliphatic rings. The van der Waals surface area contributed by atoms with Gasteiger partial charge in [0.05, 0.1) is 4.90 Å². The van der Waals surface area contributed by atoms with Crippen molar-refractivity contribution in [2.45, 2.75) is 37.1 Å². The molecular weight excluding hydrogens is 278 g/mol. The fraction of sp³-hybridized carbons (Fsp3) is 0.571. The Labute approximate surface area is 121 Å². The number of benzene rings is 1. The van der Waals surface area contributed by atoms with Crippen molar-refractivity contribution < 1.29 is 17.9 Å². The zero-order valence-electron chi connectivity index (χ0n) is 12.3. The Bertz CT molecular complexity index is 485. The van der Waals surface area contributed by atoms with Gasteiger partial charge in [-0.15, -0.1) is 0 Å². The minimum absolute atomic E-state index is 0.260. The summed E-state index contributed by atoms with van der Waals surface area (Å²) in [5.41, 5.74) is -0.523. The van der Waals surface area contributed by atoms with Crippen molar-refractivity contribution >= 4 is 10.0 Å². The summed E-state index contributed by atoms with van der Waals surface area (Å²) >= 11 is 0. The Morgan fingerprint density at radius 1 is 1.20 bits per heavy atom. The largest absolute Gasteiger partial charge is 0.359 e. The van der Waals surface area contributed by atoms with Crippen LogP contribution in [-0.4, -0.2) is 34.5 Å². The maximum Gasteiger partial charge on any atom is 0.241 e. The molecule has 0 saturated carbocycles. The van der Waals surface area contributed by atoms with Gasteiger partial charge in [0.15, 0.2) is 0 Å². The minimum Gasteiger partial charge on any atom is -0.359 e. The standard InChI is InChI=1S/C14H23NO4S/c1-14(2,10-7-11-19-12-18-3)15-20(16,17)13-8-5-4-6-9-13/h4-6,8-9,15H,7,10-12H2,1-3H3. The third kappa shape index (κ3) is 6.00. The van der Waals surface area contributed by atoms with Crippen molar-refractivity contribution in [3.63, 3.8) is 0 Å². The summed E-state index contributed by atoms with van der Waals surface area (Å²) in [5, 5.41) is 0. The van der Waals surface area contributed by atoms with Crippen molar-refractivity contribution in [2.24, 2.45) is 0 Å². The molecule has 1 rings (SSSR count). The van der Waals surface area contributed by atoms with Gasteiger partial charge in [-0.1, -0.05) is 18.2 Å². The molecule has 0 unspecified atom stereocenters. The second-order valence-corrected chi connectivity index (χ2v) is 6.90. The molecule has 0 aromatic heterocycles. The third-order valence-electron chi connectivity index (χ3n) is 2.76. The van der Waals surface area contributed by atoms with Crippen LogP contribution in [0, 0.1) is 0 Å². The first-order valence-corrected chi connectivity index (χ1v) is 8.01. The van der Waals surface area contributed by atoms with E-state index in [0.29, 0.717) is 13.0 Å². The molecule has 0 bridgehead atoms. The predicted molar refractivity (Wildman–Crippen MR) is 77.9 cm³/mol. The molecule has 1 aromatic rings. The van der Waals surface area contributed by atoms with Crippen molar-refractivity contribution in [1.82, 2.24) is 4.72 Å². The lowest BCUT2D eigenvalue weighted by Crippen LogP contribution is -2.43. The van der Waals surface area contributed by atoms with Crippen LogP contribution in [0.15, 0.2) is 35.2 Å². The van der Waals surface area contributed by atoms with E-state index in [1.54, 1.807) is 37.4 Å². The fourth-order valence-corrected chi connectivity index (χ4v) is 3.29. The summed E-state index contributed by atoms with van der Waals surface area (Å²) < 4.78 is 37.1. The highest BCUT2D eigenvalue weighted by molar-refractivity contribution is 7.89. The van der Waals surface area contributed by atoms with Gasteiger partial charge in [0.1, 0.15) is 6.79 Å². The zero-order valence-corrected chi connectivity index (χ0v) is 13.1. The average Bonchev–Trinajstić information content (AvgIpc) is 2.38. The molecule has 1 aromatic carbocycles. The van der Waals surface area contributed by atoms with Crippen LogP contribution in [0.2, 0.25) is 0 Å². The van der Waals surface area contributed by atoms with E-state index < -0.39 is 15.6 Å². The van der Waals surface area contributed by atoms with Crippen LogP contribution >= 0.6 is 0 Å². The van der Waals surface area contributed by atoms with Crippen LogP contribution in [0.5, 0.6) is 0 Å². The summed E-state index contributed by atoms with van der Waals surface area (Å²) in [4.78, 5) is 0.281. The Morgan fingerprint density at radius 3 is 2.45 bits per heavy atom. The van der Waals surface area contributed by atoms with Crippen LogP contribution in [-0.2, 0) is 19.5 Å². The molecule has 0 fully saturated rings. The molecule has 1 N–H and O–H groups in total. The van der Waals surface area contributed by atoms with Crippen molar-refractivity contribution in [3.8, 4) is 0 Å². The second-order valence-electron chi connectivity index (χ2n) is 5.22. The Hall–Kier alpha value is -0.950. The summed E-state index contributed by atoms with van der Waals surface area (Å²) in [5.74, 6) is 0. The van der Waals surface area contributed by atoms with E-state index in [0.717, 1.165) is 6.42 Å². The maximum absolute atomic E-state index is 12.2. The maximum atomic E-state index is 12.2. The van der Waals surface area contributed by atoms with Gasteiger partial charge in [-0.2, -0.15) is 0 Å². The number of sulfonamides is 1. The first kappa shape index (κ1) is 17.1. The fourth-order valence-electron chi connectivity index (χ4n) is 1.83. The molecular formula is C14H23NO4S. The molecule has 0 atom stereocenters. The van der Waals surface area contributed by atoms with Crippen LogP contribution in [0.4, 0.5) is 0 Å². The highest BCUT2D eigenvalue weighted by Gasteiger charge is 2.25. The van der Waals surface area contributed by atoms with Crippen molar-refractivity contribution in [2.75, 3.05) is 20.5 Å². The topological polar surface area (TPSA) is 64.6 Å². The van der Waals surface area contributed by atoms with Crippen molar-refractivity contribution in [1.29, 1.82) is 0 Å². The molecule has 6 heteroatoms.